The number of methoxy groups -OCH3 is 2. The fraction of sp³-hybridized carbons (Fsp3) is 1.00. The Balaban J connectivity index is 1.70. The van der Waals surface area contributed by atoms with E-state index in [2.05, 4.69) is 0 Å². The van der Waals surface area contributed by atoms with Crippen LogP contribution in [-0.4, -0.2) is 119 Å². The Morgan fingerprint density at radius 1 is 0.444 bits per heavy atom. The van der Waals surface area contributed by atoms with Crippen LogP contribution in [0.4, 0.5) is 0 Å². The van der Waals surface area contributed by atoms with Gasteiger partial charge in [-0.1, -0.05) is 0 Å². The molecule has 0 aromatic rings. The number of ether oxygens (including phenoxy) is 9. The third kappa shape index (κ3) is 16.3. The summed E-state index contributed by atoms with van der Waals surface area (Å²) in [6, 6.07) is 0. The van der Waals surface area contributed by atoms with E-state index in [-0.39, 0.29) is 12.2 Å². The van der Waals surface area contributed by atoms with Gasteiger partial charge in [-0.15, -0.1) is 0 Å². The lowest BCUT2D eigenvalue weighted by atomic mass is 10.3. The van der Waals surface area contributed by atoms with Crippen LogP contribution in [0.5, 0.6) is 0 Å². The second-order valence-corrected chi connectivity index (χ2v) is 5.80. The third-order valence-corrected chi connectivity index (χ3v) is 3.60. The van der Waals surface area contributed by atoms with Crippen molar-refractivity contribution >= 4 is 0 Å². The minimum atomic E-state index is 0.123. The molecule has 1 rings (SSSR count). The topological polar surface area (TPSA) is 86.4 Å². The molecule has 1 fully saturated rings. The molecule has 9 nitrogen and oxygen atoms in total. The molecular weight excluding hydrogens is 360 g/mol. The number of hydrogen-bond donors (Lipinski definition) is 0. The average Bonchev–Trinajstić information content (AvgIpc) is 3.43. The van der Waals surface area contributed by atoms with E-state index in [4.69, 9.17) is 42.6 Å². The van der Waals surface area contributed by atoms with E-state index in [0.717, 1.165) is 0 Å². The molecular formula is C18H36O9. The summed E-state index contributed by atoms with van der Waals surface area (Å²) in [5, 5.41) is 0. The fourth-order valence-corrected chi connectivity index (χ4v) is 2.04. The van der Waals surface area contributed by atoms with Crippen LogP contribution in [-0.2, 0) is 42.6 Å². The van der Waals surface area contributed by atoms with Crippen molar-refractivity contribution in [2.45, 2.75) is 12.2 Å². The van der Waals surface area contributed by atoms with Crippen LogP contribution in [0, 0.1) is 0 Å². The fourth-order valence-electron chi connectivity index (χ4n) is 2.04. The molecule has 2 unspecified atom stereocenters. The number of epoxide rings is 1. The van der Waals surface area contributed by atoms with Crippen molar-refractivity contribution in [3.63, 3.8) is 0 Å². The van der Waals surface area contributed by atoms with Crippen molar-refractivity contribution < 1.29 is 42.6 Å². The molecule has 0 spiro atoms. The van der Waals surface area contributed by atoms with Crippen molar-refractivity contribution in [1.29, 1.82) is 0 Å². The van der Waals surface area contributed by atoms with Gasteiger partial charge in [-0.25, -0.2) is 0 Å². The largest absolute Gasteiger partial charge is 0.382 e. The van der Waals surface area contributed by atoms with Crippen molar-refractivity contribution in [3.05, 3.63) is 0 Å². The molecule has 9 heteroatoms. The van der Waals surface area contributed by atoms with Crippen molar-refractivity contribution in [1.82, 2.24) is 0 Å². The lowest BCUT2D eigenvalue weighted by Gasteiger charge is -2.06. The van der Waals surface area contributed by atoms with E-state index in [1.54, 1.807) is 14.2 Å². The van der Waals surface area contributed by atoms with E-state index in [0.29, 0.717) is 92.5 Å². The van der Waals surface area contributed by atoms with E-state index < -0.39 is 0 Å². The van der Waals surface area contributed by atoms with Crippen LogP contribution in [0.15, 0.2) is 0 Å². The molecule has 0 aromatic heterocycles. The predicted octanol–water partition coefficient (Wildman–Crippen LogP) is 0.146. The van der Waals surface area contributed by atoms with Gasteiger partial charge >= 0.3 is 0 Å². The lowest BCUT2D eigenvalue weighted by Crippen LogP contribution is -2.15. The minimum Gasteiger partial charge on any atom is -0.382 e. The van der Waals surface area contributed by atoms with Gasteiger partial charge < -0.3 is 42.6 Å². The Kier molecular flexibility index (Phi) is 17.3. The normalized spacial score (nSPS) is 18.9. The summed E-state index contributed by atoms with van der Waals surface area (Å²) in [4.78, 5) is 0. The quantitative estimate of drug-likeness (QED) is 0.187. The number of hydrogen-bond acceptors (Lipinski definition) is 9. The van der Waals surface area contributed by atoms with Gasteiger partial charge in [0.2, 0.25) is 0 Å². The summed E-state index contributed by atoms with van der Waals surface area (Å²) in [7, 11) is 3.30. The van der Waals surface area contributed by atoms with Crippen molar-refractivity contribution in [2.24, 2.45) is 0 Å². The monoisotopic (exact) mass is 396 g/mol. The first-order chi connectivity index (χ1) is 13.4. The molecule has 0 aliphatic carbocycles. The Morgan fingerprint density at radius 2 is 0.741 bits per heavy atom. The van der Waals surface area contributed by atoms with Gasteiger partial charge in [0.1, 0.15) is 12.2 Å². The van der Waals surface area contributed by atoms with E-state index in [1.165, 1.54) is 0 Å². The average molecular weight is 396 g/mol. The lowest BCUT2D eigenvalue weighted by molar-refractivity contribution is 0.00121. The zero-order valence-corrected chi connectivity index (χ0v) is 16.7. The first kappa shape index (κ1) is 24.7. The highest BCUT2D eigenvalue weighted by molar-refractivity contribution is 4.84. The molecule has 27 heavy (non-hydrogen) atoms. The van der Waals surface area contributed by atoms with Crippen molar-refractivity contribution in [2.75, 3.05) is 107 Å². The second kappa shape index (κ2) is 19.0. The SMILES string of the molecule is COCCOCCOCCOCC1OC1COCCOCCOCCOC. The van der Waals surface area contributed by atoms with Gasteiger partial charge in [-0.05, 0) is 0 Å². The van der Waals surface area contributed by atoms with E-state index in [1.807, 2.05) is 0 Å². The summed E-state index contributed by atoms with van der Waals surface area (Å²) in [5.74, 6) is 0. The maximum absolute atomic E-state index is 5.52. The molecule has 0 radical (unpaired) electrons. The molecule has 0 N–H and O–H groups in total. The van der Waals surface area contributed by atoms with Crippen LogP contribution < -0.4 is 0 Å². The Bertz CT molecular complexity index is 279. The second-order valence-electron chi connectivity index (χ2n) is 5.80. The summed E-state index contributed by atoms with van der Waals surface area (Å²) in [5.41, 5.74) is 0. The van der Waals surface area contributed by atoms with Crippen LogP contribution in [0.3, 0.4) is 0 Å². The standard InChI is InChI=1S/C18H36O9/c1-19-3-5-21-7-9-23-11-13-25-15-17-18(27-17)16-26-14-12-24-10-8-22-6-4-20-2/h17-18H,3-16H2,1-2H3. The Labute approximate surface area is 162 Å². The highest BCUT2D eigenvalue weighted by Crippen LogP contribution is 2.22. The smallest absolute Gasteiger partial charge is 0.110 e. The van der Waals surface area contributed by atoms with Crippen LogP contribution in [0.2, 0.25) is 0 Å². The van der Waals surface area contributed by atoms with Crippen LogP contribution in [0.25, 0.3) is 0 Å². The molecule has 2 atom stereocenters. The molecule has 1 aliphatic heterocycles. The highest BCUT2D eigenvalue weighted by atomic mass is 16.6. The van der Waals surface area contributed by atoms with Gasteiger partial charge in [-0.3, -0.25) is 0 Å². The molecule has 0 aromatic carbocycles. The predicted molar refractivity (Wildman–Crippen MR) is 97.3 cm³/mol. The first-order valence-electron chi connectivity index (χ1n) is 9.48. The maximum atomic E-state index is 5.52. The molecule has 1 saturated heterocycles. The minimum absolute atomic E-state index is 0.123. The Hall–Kier alpha value is -0.360. The molecule has 1 heterocycles. The molecule has 0 bridgehead atoms. The Morgan fingerprint density at radius 3 is 1.07 bits per heavy atom. The summed E-state index contributed by atoms with van der Waals surface area (Å²) >= 11 is 0. The van der Waals surface area contributed by atoms with E-state index >= 15 is 0 Å². The zero-order valence-electron chi connectivity index (χ0n) is 16.7. The molecule has 162 valence electrons. The van der Waals surface area contributed by atoms with Gasteiger partial charge in [0.25, 0.3) is 0 Å². The first-order valence-corrected chi connectivity index (χ1v) is 9.48. The molecule has 1 aliphatic rings. The van der Waals surface area contributed by atoms with Gasteiger partial charge in [0.05, 0.1) is 92.5 Å². The van der Waals surface area contributed by atoms with E-state index in [9.17, 15) is 0 Å². The third-order valence-electron chi connectivity index (χ3n) is 3.60. The van der Waals surface area contributed by atoms with Gasteiger partial charge in [0, 0.05) is 14.2 Å². The van der Waals surface area contributed by atoms with Gasteiger partial charge in [0.15, 0.2) is 0 Å². The van der Waals surface area contributed by atoms with Crippen LogP contribution >= 0.6 is 0 Å². The molecule has 0 saturated carbocycles. The summed E-state index contributed by atoms with van der Waals surface area (Å²) in [6.07, 6.45) is 0.245. The van der Waals surface area contributed by atoms with Gasteiger partial charge in [-0.2, -0.15) is 0 Å². The summed E-state index contributed by atoms with van der Waals surface area (Å²) < 4.78 is 47.6. The summed E-state index contributed by atoms with van der Waals surface area (Å²) in [6.45, 7) is 7.98. The van der Waals surface area contributed by atoms with Crippen molar-refractivity contribution in [3.8, 4) is 0 Å². The maximum Gasteiger partial charge on any atom is 0.110 e. The zero-order chi connectivity index (χ0) is 19.4. The highest BCUT2D eigenvalue weighted by Gasteiger charge is 2.38. The van der Waals surface area contributed by atoms with Crippen LogP contribution in [0.1, 0.15) is 0 Å². The number of rotatable bonds is 22. The molecule has 0 amide bonds.